The van der Waals surface area contributed by atoms with Crippen molar-refractivity contribution in [1.29, 1.82) is 5.26 Å². The average Bonchev–Trinajstić information content (AvgIpc) is 2.54. The Labute approximate surface area is 139 Å². The maximum Gasteiger partial charge on any atom is 0.227 e. The molecule has 2 fully saturated rings. The Morgan fingerprint density at radius 3 is 2.17 bits per heavy atom. The molecule has 5 heteroatoms. The number of carbonyl (C=O) groups is 2. The molecule has 0 aromatic carbocycles. The van der Waals surface area contributed by atoms with Gasteiger partial charge in [0.1, 0.15) is 5.54 Å². The number of hydrogen-bond acceptors (Lipinski definition) is 3. The van der Waals surface area contributed by atoms with Gasteiger partial charge in [-0.3, -0.25) is 9.59 Å². The van der Waals surface area contributed by atoms with Crippen molar-refractivity contribution in [2.75, 3.05) is 13.1 Å². The fourth-order valence-corrected chi connectivity index (χ4v) is 3.58. The minimum Gasteiger partial charge on any atom is -0.342 e. The van der Waals surface area contributed by atoms with E-state index < -0.39 is 5.54 Å². The van der Waals surface area contributed by atoms with Gasteiger partial charge in [0, 0.05) is 24.4 Å². The smallest absolute Gasteiger partial charge is 0.227 e. The molecule has 0 atom stereocenters. The summed E-state index contributed by atoms with van der Waals surface area (Å²) >= 11 is 0. The van der Waals surface area contributed by atoms with Crippen molar-refractivity contribution < 1.29 is 9.59 Å². The maximum absolute atomic E-state index is 12.5. The van der Waals surface area contributed by atoms with Crippen molar-refractivity contribution in [2.24, 2.45) is 11.3 Å². The number of nitrogens with zero attached hydrogens (tertiary/aromatic N) is 2. The molecule has 0 radical (unpaired) electrons. The molecular weight excluding hydrogens is 290 g/mol. The number of amides is 2. The van der Waals surface area contributed by atoms with E-state index in [9.17, 15) is 14.9 Å². The highest BCUT2D eigenvalue weighted by Gasteiger charge is 2.37. The summed E-state index contributed by atoms with van der Waals surface area (Å²) in [5, 5.41) is 12.5. The molecule has 23 heavy (non-hydrogen) atoms. The second kappa shape index (κ2) is 6.90. The van der Waals surface area contributed by atoms with Gasteiger partial charge in [0.15, 0.2) is 0 Å². The molecule has 1 saturated heterocycles. The number of carbonyl (C=O) groups excluding carboxylic acids is 2. The van der Waals surface area contributed by atoms with E-state index in [0.29, 0.717) is 25.9 Å². The van der Waals surface area contributed by atoms with Gasteiger partial charge in [-0.15, -0.1) is 0 Å². The third-order valence-corrected chi connectivity index (χ3v) is 5.08. The summed E-state index contributed by atoms with van der Waals surface area (Å²) in [6.07, 6.45) is 6.06. The number of rotatable bonds is 2. The zero-order chi connectivity index (χ0) is 17.1. The molecule has 2 amide bonds. The van der Waals surface area contributed by atoms with Gasteiger partial charge in [0.2, 0.25) is 11.8 Å². The topological polar surface area (TPSA) is 73.2 Å². The van der Waals surface area contributed by atoms with E-state index in [-0.39, 0.29) is 23.1 Å². The van der Waals surface area contributed by atoms with Crippen LogP contribution in [0.2, 0.25) is 0 Å². The Hall–Kier alpha value is -1.57. The summed E-state index contributed by atoms with van der Waals surface area (Å²) in [4.78, 5) is 26.7. The Balaban J connectivity index is 1.89. The molecule has 2 aliphatic rings. The van der Waals surface area contributed by atoms with Crippen LogP contribution in [-0.4, -0.2) is 35.3 Å². The van der Waals surface area contributed by atoms with Crippen molar-refractivity contribution >= 4 is 11.8 Å². The molecular formula is C18H29N3O2. The van der Waals surface area contributed by atoms with Gasteiger partial charge in [0.05, 0.1) is 6.07 Å². The Bertz CT molecular complexity index is 487. The summed E-state index contributed by atoms with van der Waals surface area (Å²) in [5.74, 6) is 0.0691. The molecule has 0 aromatic heterocycles. The lowest BCUT2D eigenvalue weighted by molar-refractivity contribution is -0.142. The molecule has 128 valence electrons. The molecule has 1 saturated carbocycles. The predicted molar refractivity (Wildman–Crippen MR) is 88.3 cm³/mol. The fraction of sp³-hybridized carbons (Fsp3) is 0.833. The molecule has 0 spiro atoms. The Morgan fingerprint density at radius 1 is 1.13 bits per heavy atom. The highest BCUT2D eigenvalue weighted by atomic mass is 16.2. The number of nitriles is 1. The van der Waals surface area contributed by atoms with E-state index in [1.807, 2.05) is 25.7 Å². The van der Waals surface area contributed by atoms with E-state index in [0.717, 1.165) is 32.1 Å². The second-order valence-electron chi connectivity index (χ2n) is 8.06. The first-order chi connectivity index (χ1) is 10.8. The molecule has 5 nitrogen and oxygen atoms in total. The number of nitrogens with one attached hydrogen (secondary N) is 1. The first kappa shape index (κ1) is 17.8. The van der Waals surface area contributed by atoms with E-state index >= 15 is 0 Å². The van der Waals surface area contributed by atoms with Gasteiger partial charge in [-0.2, -0.15) is 5.26 Å². The molecule has 1 aliphatic carbocycles. The fourth-order valence-electron chi connectivity index (χ4n) is 3.58. The van der Waals surface area contributed by atoms with Crippen LogP contribution < -0.4 is 5.32 Å². The minimum atomic E-state index is -0.659. The molecule has 2 rings (SSSR count). The van der Waals surface area contributed by atoms with Crippen LogP contribution in [0.15, 0.2) is 0 Å². The van der Waals surface area contributed by atoms with Crippen molar-refractivity contribution in [3.05, 3.63) is 0 Å². The number of piperidine rings is 1. The molecule has 0 aromatic rings. The van der Waals surface area contributed by atoms with Gasteiger partial charge in [-0.1, -0.05) is 40.0 Å². The van der Waals surface area contributed by atoms with E-state index in [2.05, 4.69) is 11.4 Å². The van der Waals surface area contributed by atoms with Gasteiger partial charge in [0.25, 0.3) is 0 Å². The van der Waals surface area contributed by atoms with Crippen LogP contribution in [0, 0.1) is 22.7 Å². The van der Waals surface area contributed by atoms with Gasteiger partial charge < -0.3 is 10.2 Å². The standard InChI is InChI=1S/C18H29N3O2/c1-17(2,3)16(23)21-11-7-14(8-12-21)15(22)20-18(13-19)9-5-4-6-10-18/h14H,4-12H2,1-3H3,(H,20,22). The predicted octanol–water partition coefficient (Wildman–Crippen LogP) is 2.61. The lowest BCUT2D eigenvalue weighted by Crippen LogP contribution is -2.53. The van der Waals surface area contributed by atoms with E-state index in [1.165, 1.54) is 0 Å². The van der Waals surface area contributed by atoms with Gasteiger partial charge >= 0.3 is 0 Å². The zero-order valence-electron chi connectivity index (χ0n) is 14.7. The lowest BCUT2D eigenvalue weighted by Gasteiger charge is -2.37. The van der Waals surface area contributed by atoms with Gasteiger partial charge in [-0.25, -0.2) is 0 Å². The van der Waals surface area contributed by atoms with Crippen LogP contribution in [0.25, 0.3) is 0 Å². The number of hydrogen-bond donors (Lipinski definition) is 1. The van der Waals surface area contributed by atoms with Crippen LogP contribution in [0.4, 0.5) is 0 Å². The lowest BCUT2D eigenvalue weighted by atomic mass is 9.82. The highest BCUT2D eigenvalue weighted by Crippen LogP contribution is 2.29. The summed E-state index contributed by atoms with van der Waals surface area (Å²) in [6.45, 7) is 7.04. The Morgan fingerprint density at radius 2 is 1.70 bits per heavy atom. The van der Waals surface area contributed by atoms with Crippen LogP contribution in [0.1, 0.15) is 65.7 Å². The van der Waals surface area contributed by atoms with Crippen molar-refractivity contribution in [1.82, 2.24) is 10.2 Å². The van der Waals surface area contributed by atoms with Crippen molar-refractivity contribution in [2.45, 2.75) is 71.3 Å². The average molecular weight is 319 g/mol. The summed E-state index contributed by atoms with van der Waals surface area (Å²) in [5.41, 5.74) is -1.03. The molecule has 1 aliphatic heterocycles. The van der Waals surface area contributed by atoms with E-state index in [1.54, 1.807) is 0 Å². The van der Waals surface area contributed by atoms with Crippen LogP contribution in [0.3, 0.4) is 0 Å². The summed E-state index contributed by atoms with van der Waals surface area (Å²) < 4.78 is 0. The normalized spacial score (nSPS) is 22.3. The monoisotopic (exact) mass is 319 g/mol. The number of likely N-dealkylation sites (tertiary alicyclic amines) is 1. The Kier molecular flexibility index (Phi) is 5.33. The van der Waals surface area contributed by atoms with Crippen LogP contribution >= 0.6 is 0 Å². The first-order valence-electron chi connectivity index (χ1n) is 8.80. The first-order valence-corrected chi connectivity index (χ1v) is 8.80. The third kappa shape index (κ3) is 4.25. The summed E-state index contributed by atoms with van der Waals surface area (Å²) in [6, 6.07) is 2.34. The minimum absolute atomic E-state index is 0.00342. The summed E-state index contributed by atoms with van der Waals surface area (Å²) in [7, 11) is 0. The molecule has 0 bridgehead atoms. The molecule has 0 unspecified atom stereocenters. The van der Waals surface area contributed by atoms with Crippen LogP contribution in [0.5, 0.6) is 0 Å². The zero-order valence-corrected chi connectivity index (χ0v) is 14.7. The molecule has 1 heterocycles. The largest absolute Gasteiger partial charge is 0.342 e. The second-order valence-corrected chi connectivity index (χ2v) is 8.06. The van der Waals surface area contributed by atoms with Gasteiger partial charge in [-0.05, 0) is 25.7 Å². The highest BCUT2D eigenvalue weighted by molar-refractivity contribution is 5.83. The molecule has 1 N–H and O–H groups in total. The van der Waals surface area contributed by atoms with Crippen LogP contribution in [-0.2, 0) is 9.59 Å². The SMILES string of the molecule is CC(C)(C)C(=O)N1CCC(C(=O)NC2(C#N)CCCCC2)CC1. The van der Waals surface area contributed by atoms with Crippen molar-refractivity contribution in [3.8, 4) is 6.07 Å². The van der Waals surface area contributed by atoms with Crippen molar-refractivity contribution in [3.63, 3.8) is 0 Å². The van der Waals surface area contributed by atoms with E-state index in [4.69, 9.17) is 0 Å². The maximum atomic E-state index is 12.5. The third-order valence-electron chi connectivity index (χ3n) is 5.08. The quantitative estimate of drug-likeness (QED) is 0.850.